The van der Waals surface area contributed by atoms with Crippen LogP contribution in [-0.2, 0) is 4.79 Å². The maximum atomic E-state index is 12.3. The van der Waals surface area contributed by atoms with Crippen LogP contribution in [0, 0.1) is 0 Å². The Morgan fingerprint density at radius 3 is 2.50 bits per heavy atom. The highest BCUT2D eigenvalue weighted by Crippen LogP contribution is 2.20. The molecule has 0 aliphatic rings. The normalized spacial score (nSPS) is 11.8. The van der Waals surface area contributed by atoms with Gasteiger partial charge in [-0.1, -0.05) is 40.2 Å². The maximum absolute atomic E-state index is 12.3. The third-order valence-electron chi connectivity index (χ3n) is 2.93. The van der Waals surface area contributed by atoms with Crippen LogP contribution >= 0.6 is 15.9 Å². The first-order valence-corrected chi connectivity index (χ1v) is 7.12. The second-order valence-corrected chi connectivity index (χ2v) is 5.37. The summed E-state index contributed by atoms with van der Waals surface area (Å²) >= 11 is 3.38. The molecule has 0 fully saturated rings. The fourth-order valence-corrected chi connectivity index (χ4v) is 2.22. The number of ether oxygens (including phenoxy) is 1. The Hall–Kier alpha value is -1.81. The quantitative estimate of drug-likeness (QED) is 0.849. The third kappa shape index (κ3) is 3.61. The van der Waals surface area contributed by atoms with Gasteiger partial charge < -0.3 is 9.64 Å². The Labute approximate surface area is 127 Å². The summed E-state index contributed by atoms with van der Waals surface area (Å²) in [7, 11) is 1.75. The topological polar surface area (TPSA) is 29.5 Å². The van der Waals surface area contributed by atoms with Gasteiger partial charge in [-0.15, -0.1) is 0 Å². The fourth-order valence-electron chi connectivity index (χ4n) is 1.85. The van der Waals surface area contributed by atoms with Crippen molar-refractivity contribution in [1.82, 2.24) is 0 Å². The first kappa shape index (κ1) is 14.6. The first-order valence-electron chi connectivity index (χ1n) is 6.33. The average Bonchev–Trinajstić information content (AvgIpc) is 2.46. The number of carbonyl (C=O) groups is 1. The Kier molecular flexibility index (Phi) is 4.79. The number of para-hydroxylation sites is 1. The lowest BCUT2D eigenvalue weighted by Gasteiger charge is -2.22. The molecule has 4 heteroatoms. The summed E-state index contributed by atoms with van der Waals surface area (Å²) in [6.45, 7) is 1.75. The first-order chi connectivity index (χ1) is 9.58. The molecule has 1 amide bonds. The van der Waals surface area contributed by atoms with E-state index in [9.17, 15) is 4.79 Å². The van der Waals surface area contributed by atoms with E-state index in [2.05, 4.69) is 15.9 Å². The molecule has 2 rings (SSSR count). The van der Waals surface area contributed by atoms with Crippen LogP contribution in [-0.4, -0.2) is 19.1 Å². The minimum atomic E-state index is -0.547. The lowest BCUT2D eigenvalue weighted by atomic mass is 10.2. The van der Waals surface area contributed by atoms with Gasteiger partial charge in [0.2, 0.25) is 0 Å². The zero-order valence-electron chi connectivity index (χ0n) is 11.4. The Balaban J connectivity index is 2.05. The molecule has 0 N–H and O–H groups in total. The molecule has 20 heavy (non-hydrogen) atoms. The Morgan fingerprint density at radius 1 is 1.15 bits per heavy atom. The Morgan fingerprint density at radius 2 is 1.85 bits per heavy atom. The number of amides is 1. The van der Waals surface area contributed by atoms with Gasteiger partial charge in [0.15, 0.2) is 6.10 Å². The van der Waals surface area contributed by atoms with Crippen LogP contribution in [0.2, 0.25) is 0 Å². The zero-order chi connectivity index (χ0) is 14.5. The van der Waals surface area contributed by atoms with Crippen molar-refractivity contribution in [3.63, 3.8) is 0 Å². The van der Waals surface area contributed by atoms with Gasteiger partial charge in [-0.05, 0) is 37.3 Å². The molecular formula is C16H16BrNO2. The third-order valence-corrected chi connectivity index (χ3v) is 3.42. The predicted octanol–water partition coefficient (Wildman–Crippen LogP) is 3.88. The summed E-state index contributed by atoms with van der Waals surface area (Å²) in [4.78, 5) is 13.9. The minimum Gasteiger partial charge on any atom is -0.481 e. The number of halogens is 1. The number of carbonyl (C=O) groups excluding carboxylic acids is 1. The molecule has 2 aromatic carbocycles. The molecule has 0 saturated heterocycles. The summed E-state index contributed by atoms with van der Waals surface area (Å²) in [5.41, 5.74) is 0.849. The van der Waals surface area contributed by atoms with Gasteiger partial charge in [0.1, 0.15) is 5.75 Å². The summed E-state index contributed by atoms with van der Waals surface area (Å²) in [6, 6.07) is 17.0. The number of likely N-dealkylation sites (N-methyl/N-ethyl adjacent to an activating group) is 1. The van der Waals surface area contributed by atoms with Gasteiger partial charge >= 0.3 is 0 Å². The van der Waals surface area contributed by atoms with E-state index in [1.54, 1.807) is 18.9 Å². The lowest BCUT2D eigenvalue weighted by Crippen LogP contribution is -2.37. The molecule has 0 aliphatic carbocycles. The standard InChI is InChI=1S/C16H16BrNO2/c1-12(20-15-10-6-7-13(17)11-15)16(19)18(2)14-8-4-3-5-9-14/h3-12H,1-2H3. The van der Waals surface area contributed by atoms with E-state index in [1.165, 1.54) is 0 Å². The van der Waals surface area contributed by atoms with Crippen LogP contribution in [0.25, 0.3) is 0 Å². The van der Waals surface area contributed by atoms with Crippen LogP contribution in [0.1, 0.15) is 6.92 Å². The number of nitrogens with zero attached hydrogens (tertiary/aromatic N) is 1. The van der Waals surface area contributed by atoms with E-state index >= 15 is 0 Å². The van der Waals surface area contributed by atoms with Crippen molar-refractivity contribution in [2.75, 3.05) is 11.9 Å². The van der Waals surface area contributed by atoms with Crippen molar-refractivity contribution < 1.29 is 9.53 Å². The molecular weight excluding hydrogens is 318 g/mol. The number of hydrogen-bond donors (Lipinski definition) is 0. The van der Waals surface area contributed by atoms with Crippen molar-refractivity contribution >= 4 is 27.5 Å². The van der Waals surface area contributed by atoms with Gasteiger partial charge in [0.05, 0.1) is 0 Å². The van der Waals surface area contributed by atoms with Crippen molar-refractivity contribution in [2.24, 2.45) is 0 Å². The Bertz CT molecular complexity index is 586. The van der Waals surface area contributed by atoms with E-state index < -0.39 is 6.10 Å². The van der Waals surface area contributed by atoms with Gasteiger partial charge in [-0.3, -0.25) is 4.79 Å². The molecule has 2 aromatic rings. The van der Waals surface area contributed by atoms with Crippen LogP contribution < -0.4 is 9.64 Å². The van der Waals surface area contributed by atoms with Gasteiger partial charge in [-0.2, -0.15) is 0 Å². The zero-order valence-corrected chi connectivity index (χ0v) is 13.0. The molecule has 104 valence electrons. The lowest BCUT2D eigenvalue weighted by molar-refractivity contribution is -0.124. The van der Waals surface area contributed by atoms with Gasteiger partial charge in [0.25, 0.3) is 5.91 Å². The number of anilines is 1. The van der Waals surface area contributed by atoms with E-state index in [-0.39, 0.29) is 5.91 Å². The van der Waals surface area contributed by atoms with E-state index in [1.807, 2.05) is 54.6 Å². The van der Waals surface area contributed by atoms with Crippen molar-refractivity contribution in [3.05, 3.63) is 59.1 Å². The van der Waals surface area contributed by atoms with E-state index in [0.717, 1.165) is 10.2 Å². The molecule has 0 bridgehead atoms. The molecule has 0 spiro atoms. The average molecular weight is 334 g/mol. The molecule has 1 unspecified atom stereocenters. The van der Waals surface area contributed by atoms with Crippen molar-refractivity contribution in [2.45, 2.75) is 13.0 Å². The second kappa shape index (κ2) is 6.57. The highest BCUT2D eigenvalue weighted by molar-refractivity contribution is 9.10. The minimum absolute atomic E-state index is 0.0869. The van der Waals surface area contributed by atoms with Gasteiger partial charge in [0, 0.05) is 17.2 Å². The summed E-state index contributed by atoms with van der Waals surface area (Å²) in [5, 5.41) is 0. The molecule has 0 aromatic heterocycles. The number of benzene rings is 2. The molecule has 1 atom stereocenters. The van der Waals surface area contributed by atoms with Crippen molar-refractivity contribution in [3.8, 4) is 5.75 Å². The highest BCUT2D eigenvalue weighted by Gasteiger charge is 2.20. The summed E-state index contributed by atoms with van der Waals surface area (Å²) in [6.07, 6.45) is -0.547. The van der Waals surface area contributed by atoms with Crippen LogP contribution in [0.4, 0.5) is 5.69 Å². The summed E-state index contributed by atoms with van der Waals surface area (Å²) in [5.74, 6) is 0.581. The maximum Gasteiger partial charge on any atom is 0.267 e. The highest BCUT2D eigenvalue weighted by atomic mass is 79.9. The van der Waals surface area contributed by atoms with Crippen molar-refractivity contribution in [1.29, 1.82) is 0 Å². The number of hydrogen-bond acceptors (Lipinski definition) is 2. The predicted molar refractivity (Wildman–Crippen MR) is 84.1 cm³/mol. The van der Waals surface area contributed by atoms with Gasteiger partial charge in [-0.25, -0.2) is 0 Å². The molecule has 3 nitrogen and oxygen atoms in total. The van der Waals surface area contributed by atoms with Crippen LogP contribution in [0.15, 0.2) is 59.1 Å². The monoisotopic (exact) mass is 333 g/mol. The van der Waals surface area contributed by atoms with E-state index in [4.69, 9.17) is 4.74 Å². The number of rotatable bonds is 4. The second-order valence-electron chi connectivity index (χ2n) is 4.45. The molecule has 0 radical (unpaired) electrons. The molecule has 0 aliphatic heterocycles. The largest absolute Gasteiger partial charge is 0.481 e. The molecule has 0 heterocycles. The smallest absolute Gasteiger partial charge is 0.267 e. The van der Waals surface area contributed by atoms with Crippen LogP contribution in [0.3, 0.4) is 0 Å². The fraction of sp³-hybridized carbons (Fsp3) is 0.188. The molecule has 0 saturated carbocycles. The van der Waals surface area contributed by atoms with Crippen LogP contribution in [0.5, 0.6) is 5.75 Å². The van der Waals surface area contributed by atoms with E-state index in [0.29, 0.717) is 5.75 Å². The SMILES string of the molecule is CC(Oc1cccc(Br)c1)C(=O)N(C)c1ccccc1. The summed E-state index contributed by atoms with van der Waals surface area (Å²) < 4.78 is 6.60.